The molecule has 1 saturated heterocycles. The van der Waals surface area contributed by atoms with Crippen LogP contribution in [0.15, 0.2) is 60.7 Å². The number of hydrogen-bond donors (Lipinski definition) is 0. The number of para-hydroxylation sites is 2. The second-order valence-corrected chi connectivity index (χ2v) is 8.73. The molecule has 2 aromatic carbocycles. The van der Waals surface area contributed by atoms with Crippen LogP contribution in [0.2, 0.25) is 0 Å². The molecule has 0 amide bonds. The van der Waals surface area contributed by atoms with Gasteiger partial charge in [-0.25, -0.2) is 8.42 Å². The van der Waals surface area contributed by atoms with Gasteiger partial charge < -0.3 is 9.47 Å². The molecule has 1 fully saturated rings. The maximum absolute atomic E-state index is 12.2. The van der Waals surface area contributed by atoms with Crippen molar-refractivity contribution in [1.29, 1.82) is 0 Å². The molecule has 0 bridgehead atoms. The molecule has 142 valence electrons. The van der Waals surface area contributed by atoms with E-state index in [1.54, 1.807) is 60.7 Å². The summed E-state index contributed by atoms with van der Waals surface area (Å²) in [6.45, 7) is 0. The fourth-order valence-corrected chi connectivity index (χ4v) is 5.42. The van der Waals surface area contributed by atoms with E-state index in [4.69, 9.17) is 9.47 Å². The summed E-state index contributed by atoms with van der Waals surface area (Å²) < 4.78 is 34.5. The van der Waals surface area contributed by atoms with Crippen molar-refractivity contribution in [3.63, 3.8) is 0 Å². The van der Waals surface area contributed by atoms with Crippen molar-refractivity contribution in [1.82, 2.24) is 0 Å². The number of ether oxygens (including phenoxy) is 2. The van der Waals surface area contributed by atoms with E-state index < -0.39 is 33.6 Å². The molecule has 6 nitrogen and oxygen atoms in total. The molecule has 0 aromatic heterocycles. The van der Waals surface area contributed by atoms with Crippen molar-refractivity contribution < 1.29 is 27.5 Å². The Kier molecular flexibility index (Phi) is 5.91. The highest BCUT2D eigenvalue weighted by atomic mass is 32.2. The van der Waals surface area contributed by atoms with Crippen LogP contribution in [0.5, 0.6) is 11.5 Å². The molecular formula is C20H20O6S. The van der Waals surface area contributed by atoms with Gasteiger partial charge in [-0.3, -0.25) is 9.59 Å². The van der Waals surface area contributed by atoms with Gasteiger partial charge in [0, 0.05) is 0 Å². The highest BCUT2D eigenvalue weighted by Gasteiger charge is 2.40. The van der Waals surface area contributed by atoms with Gasteiger partial charge in [0.2, 0.25) is 0 Å². The number of benzene rings is 2. The van der Waals surface area contributed by atoms with Gasteiger partial charge >= 0.3 is 11.9 Å². The molecule has 1 aliphatic rings. The fourth-order valence-electron chi connectivity index (χ4n) is 3.20. The van der Waals surface area contributed by atoms with E-state index in [0.717, 1.165) is 0 Å². The molecule has 2 unspecified atom stereocenters. The molecule has 1 heterocycles. The van der Waals surface area contributed by atoms with Crippen LogP contribution in [-0.4, -0.2) is 31.9 Å². The summed E-state index contributed by atoms with van der Waals surface area (Å²) in [7, 11) is -3.30. The van der Waals surface area contributed by atoms with E-state index in [1.807, 2.05) is 0 Å². The first-order chi connectivity index (χ1) is 12.9. The normalized spacial score (nSPS) is 20.7. The van der Waals surface area contributed by atoms with Crippen molar-refractivity contribution in [2.45, 2.75) is 12.8 Å². The number of sulfone groups is 1. The lowest BCUT2D eigenvalue weighted by Crippen LogP contribution is -2.23. The first kappa shape index (κ1) is 19.1. The van der Waals surface area contributed by atoms with Gasteiger partial charge in [-0.05, 0) is 36.1 Å². The van der Waals surface area contributed by atoms with Crippen LogP contribution in [0.1, 0.15) is 12.8 Å². The van der Waals surface area contributed by atoms with Crippen LogP contribution in [0.25, 0.3) is 0 Å². The molecule has 0 saturated carbocycles. The van der Waals surface area contributed by atoms with E-state index in [0.29, 0.717) is 11.5 Å². The topological polar surface area (TPSA) is 86.7 Å². The lowest BCUT2D eigenvalue weighted by atomic mass is 9.90. The van der Waals surface area contributed by atoms with Crippen molar-refractivity contribution in [2.24, 2.45) is 11.8 Å². The minimum atomic E-state index is -3.30. The van der Waals surface area contributed by atoms with Crippen LogP contribution in [0, 0.1) is 11.8 Å². The van der Waals surface area contributed by atoms with Gasteiger partial charge in [0.05, 0.1) is 24.3 Å². The number of carbonyl (C=O) groups excluding carboxylic acids is 2. The molecular weight excluding hydrogens is 368 g/mol. The maximum atomic E-state index is 12.2. The molecule has 2 aromatic rings. The molecule has 0 aliphatic carbocycles. The molecule has 27 heavy (non-hydrogen) atoms. The molecule has 1 aliphatic heterocycles. The predicted molar refractivity (Wildman–Crippen MR) is 99.0 cm³/mol. The fraction of sp³-hybridized carbons (Fsp3) is 0.300. The minimum absolute atomic E-state index is 0.0581. The standard InChI is InChI=1S/C20H20O6S/c21-19(25-17-7-3-1-4-8-17)11-15-13-27(23,24)14-16(15)12-20(22)26-18-9-5-2-6-10-18/h1-10,15-16H,11-14H2. The Morgan fingerprint density at radius 1 is 0.741 bits per heavy atom. The van der Waals surface area contributed by atoms with Crippen molar-refractivity contribution in [2.75, 3.05) is 11.5 Å². The molecule has 0 spiro atoms. The number of rotatable bonds is 6. The minimum Gasteiger partial charge on any atom is -0.427 e. The summed E-state index contributed by atoms with van der Waals surface area (Å²) in [5.41, 5.74) is 0. The Hall–Kier alpha value is -2.67. The summed E-state index contributed by atoms with van der Waals surface area (Å²) in [6.07, 6.45) is -0.116. The Balaban J connectivity index is 1.60. The van der Waals surface area contributed by atoms with Crippen LogP contribution >= 0.6 is 0 Å². The average molecular weight is 388 g/mol. The Morgan fingerprint density at radius 3 is 1.48 bits per heavy atom. The summed E-state index contributed by atoms with van der Waals surface area (Å²) >= 11 is 0. The van der Waals surface area contributed by atoms with Crippen molar-refractivity contribution in [3.05, 3.63) is 60.7 Å². The lowest BCUT2D eigenvalue weighted by Gasteiger charge is -2.16. The zero-order valence-electron chi connectivity index (χ0n) is 14.6. The van der Waals surface area contributed by atoms with Crippen LogP contribution < -0.4 is 9.47 Å². The second-order valence-electron chi connectivity index (χ2n) is 6.58. The highest BCUT2D eigenvalue weighted by Crippen LogP contribution is 2.32. The van der Waals surface area contributed by atoms with Gasteiger partial charge in [-0.2, -0.15) is 0 Å². The van der Waals surface area contributed by atoms with E-state index in [-0.39, 0.29) is 24.3 Å². The molecule has 3 rings (SSSR count). The summed E-state index contributed by atoms with van der Waals surface area (Å²) in [6, 6.07) is 17.2. The smallest absolute Gasteiger partial charge is 0.311 e. The first-order valence-electron chi connectivity index (χ1n) is 8.63. The van der Waals surface area contributed by atoms with Crippen LogP contribution in [0.3, 0.4) is 0 Å². The quantitative estimate of drug-likeness (QED) is 0.559. The van der Waals surface area contributed by atoms with Gasteiger partial charge in [-0.1, -0.05) is 36.4 Å². The van der Waals surface area contributed by atoms with Crippen molar-refractivity contribution in [3.8, 4) is 11.5 Å². The second kappa shape index (κ2) is 8.35. The maximum Gasteiger partial charge on any atom is 0.311 e. The van der Waals surface area contributed by atoms with Crippen LogP contribution in [-0.2, 0) is 19.4 Å². The highest BCUT2D eigenvalue weighted by molar-refractivity contribution is 7.91. The summed E-state index contributed by atoms with van der Waals surface area (Å²) in [4.78, 5) is 24.3. The van der Waals surface area contributed by atoms with Gasteiger partial charge in [0.25, 0.3) is 0 Å². The average Bonchev–Trinajstić information content (AvgIpc) is 2.89. The van der Waals surface area contributed by atoms with E-state index in [9.17, 15) is 18.0 Å². The third kappa shape index (κ3) is 5.65. The SMILES string of the molecule is O=C(CC1CS(=O)(=O)CC1CC(=O)Oc1ccccc1)Oc1ccccc1. The molecule has 0 radical (unpaired) electrons. The molecule has 7 heteroatoms. The lowest BCUT2D eigenvalue weighted by molar-refractivity contribution is -0.138. The number of hydrogen-bond acceptors (Lipinski definition) is 6. The first-order valence-corrected chi connectivity index (χ1v) is 10.5. The van der Waals surface area contributed by atoms with Gasteiger partial charge in [0.15, 0.2) is 9.84 Å². The Morgan fingerprint density at radius 2 is 1.11 bits per heavy atom. The largest absolute Gasteiger partial charge is 0.427 e. The summed E-state index contributed by atoms with van der Waals surface area (Å²) in [5, 5.41) is 0. The summed E-state index contributed by atoms with van der Waals surface area (Å²) in [5.74, 6) is -1.38. The number of carbonyl (C=O) groups is 2. The Labute approximate surface area is 158 Å². The van der Waals surface area contributed by atoms with E-state index >= 15 is 0 Å². The van der Waals surface area contributed by atoms with E-state index in [1.165, 1.54) is 0 Å². The zero-order chi connectivity index (χ0) is 19.3. The predicted octanol–water partition coefficient (Wildman–Crippen LogP) is 2.64. The molecule has 0 N–H and O–H groups in total. The third-order valence-electron chi connectivity index (χ3n) is 4.41. The Bertz CT molecular complexity index is 823. The van der Waals surface area contributed by atoms with E-state index in [2.05, 4.69) is 0 Å². The number of esters is 2. The van der Waals surface area contributed by atoms with Crippen LogP contribution in [0.4, 0.5) is 0 Å². The van der Waals surface area contributed by atoms with Gasteiger partial charge in [-0.15, -0.1) is 0 Å². The molecule has 2 atom stereocenters. The zero-order valence-corrected chi connectivity index (χ0v) is 15.4. The van der Waals surface area contributed by atoms with Gasteiger partial charge in [0.1, 0.15) is 11.5 Å². The third-order valence-corrected chi connectivity index (χ3v) is 6.28. The van der Waals surface area contributed by atoms with Crippen molar-refractivity contribution >= 4 is 21.8 Å². The monoisotopic (exact) mass is 388 g/mol.